The lowest BCUT2D eigenvalue weighted by Crippen LogP contribution is -2.41. The fourth-order valence-corrected chi connectivity index (χ4v) is 2.86. The Morgan fingerprint density at radius 1 is 1.38 bits per heavy atom. The van der Waals surface area contributed by atoms with E-state index >= 15 is 0 Å². The first-order valence-electron chi connectivity index (χ1n) is 6.68. The van der Waals surface area contributed by atoms with Crippen molar-refractivity contribution in [2.24, 2.45) is 5.92 Å². The molecule has 0 aliphatic carbocycles. The van der Waals surface area contributed by atoms with E-state index in [2.05, 4.69) is 21.2 Å². The number of amides is 2. The van der Waals surface area contributed by atoms with Gasteiger partial charge in [0, 0.05) is 29.7 Å². The first-order chi connectivity index (χ1) is 9.95. The number of carbonyl (C=O) groups is 2. The van der Waals surface area contributed by atoms with Gasteiger partial charge in [0.25, 0.3) is 0 Å². The number of nitrogens with one attached hydrogen (secondary N) is 1. The molecule has 2 amide bonds. The number of urea groups is 1. The average Bonchev–Trinajstić information content (AvgIpc) is 2.43. The lowest BCUT2D eigenvalue weighted by molar-refractivity contribution is -0.138. The highest BCUT2D eigenvalue weighted by Gasteiger charge is 2.24. The van der Waals surface area contributed by atoms with E-state index in [1.807, 2.05) is 0 Å². The van der Waals surface area contributed by atoms with Crippen LogP contribution in [-0.2, 0) is 4.79 Å². The molecule has 0 aromatic heterocycles. The molecule has 21 heavy (non-hydrogen) atoms. The van der Waals surface area contributed by atoms with Gasteiger partial charge < -0.3 is 15.3 Å². The minimum atomic E-state index is -0.774. The lowest BCUT2D eigenvalue weighted by Gasteiger charge is -2.31. The van der Waals surface area contributed by atoms with Crippen LogP contribution in [0.4, 0.5) is 10.5 Å². The van der Waals surface area contributed by atoms with Crippen molar-refractivity contribution in [3.8, 4) is 0 Å². The highest BCUT2D eigenvalue weighted by molar-refractivity contribution is 9.10. The van der Waals surface area contributed by atoms with Crippen LogP contribution in [-0.4, -0.2) is 35.1 Å². The second kappa shape index (κ2) is 7.13. The van der Waals surface area contributed by atoms with Gasteiger partial charge in [0.1, 0.15) is 0 Å². The molecule has 2 rings (SSSR count). The second-order valence-electron chi connectivity index (χ2n) is 5.09. The summed E-state index contributed by atoms with van der Waals surface area (Å²) in [7, 11) is 0. The summed E-state index contributed by atoms with van der Waals surface area (Å²) in [5.41, 5.74) is 0.670. The minimum Gasteiger partial charge on any atom is -0.481 e. The third-order valence-corrected chi connectivity index (χ3v) is 4.75. The zero-order chi connectivity index (χ0) is 15.4. The minimum absolute atomic E-state index is 0.163. The number of carboxylic acid groups (broad SMARTS) is 1. The Kier molecular flexibility index (Phi) is 5.47. The first kappa shape index (κ1) is 16.1. The number of hydrogen-bond acceptors (Lipinski definition) is 2. The number of hydrogen-bond donors (Lipinski definition) is 2. The van der Waals surface area contributed by atoms with Gasteiger partial charge >= 0.3 is 12.0 Å². The van der Waals surface area contributed by atoms with E-state index in [-0.39, 0.29) is 18.4 Å². The molecule has 0 radical (unpaired) electrons. The monoisotopic (exact) mass is 374 g/mol. The second-order valence-corrected chi connectivity index (χ2v) is 6.35. The van der Waals surface area contributed by atoms with Gasteiger partial charge in [0.2, 0.25) is 0 Å². The number of anilines is 1. The van der Waals surface area contributed by atoms with Crippen molar-refractivity contribution in [3.63, 3.8) is 0 Å². The number of likely N-dealkylation sites (tertiary alicyclic amines) is 1. The van der Waals surface area contributed by atoms with Crippen LogP contribution in [0.3, 0.4) is 0 Å². The maximum absolute atomic E-state index is 12.1. The third kappa shape index (κ3) is 4.61. The van der Waals surface area contributed by atoms with Crippen LogP contribution in [0.25, 0.3) is 0 Å². The lowest BCUT2D eigenvalue weighted by atomic mass is 9.94. The summed E-state index contributed by atoms with van der Waals surface area (Å²) in [5, 5.41) is 12.2. The summed E-state index contributed by atoms with van der Waals surface area (Å²) in [6.45, 7) is 1.16. The fraction of sp³-hybridized carbons (Fsp3) is 0.429. The molecule has 1 aliphatic rings. The van der Waals surface area contributed by atoms with E-state index in [9.17, 15) is 9.59 Å². The topological polar surface area (TPSA) is 69.6 Å². The molecule has 1 saturated heterocycles. The summed E-state index contributed by atoms with van der Waals surface area (Å²) >= 11 is 9.22. The third-order valence-electron chi connectivity index (χ3n) is 3.54. The van der Waals surface area contributed by atoms with E-state index in [0.717, 1.165) is 17.3 Å². The van der Waals surface area contributed by atoms with E-state index in [4.69, 9.17) is 16.7 Å². The molecule has 1 fully saturated rings. The number of carbonyl (C=O) groups excluding carboxylic acids is 1. The largest absolute Gasteiger partial charge is 0.481 e. The number of halogens is 2. The smallest absolute Gasteiger partial charge is 0.321 e. The van der Waals surface area contributed by atoms with Gasteiger partial charge in [-0.1, -0.05) is 11.6 Å². The molecule has 0 saturated carbocycles. The highest BCUT2D eigenvalue weighted by atomic mass is 79.9. The fourth-order valence-electron chi connectivity index (χ4n) is 2.36. The summed E-state index contributed by atoms with van der Waals surface area (Å²) < 4.78 is 0.724. The highest BCUT2D eigenvalue weighted by Crippen LogP contribution is 2.26. The van der Waals surface area contributed by atoms with E-state index in [1.54, 1.807) is 23.1 Å². The number of benzene rings is 1. The van der Waals surface area contributed by atoms with Crippen molar-refractivity contribution in [3.05, 3.63) is 27.7 Å². The predicted molar refractivity (Wildman–Crippen MR) is 84.7 cm³/mol. The molecule has 1 aliphatic heterocycles. The Hall–Kier alpha value is -1.27. The molecule has 2 N–H and O–H groups in total. The molecule has 0 bridgehead atoms. The molecule has 0 spiro atoms. The average molecular weight is 376 g/mol. The Morgan fingerprint density at radius 3 is 2.62 bits per heavy atom. The molecule has 0 unspecified atom stereocenters. The number of piperidine rings is 1. The Morgan fingerprint density at radius 2 is 2.05 bits per heavy atom. The molecule has 1 aromatic carbocycles. The van der Waals surface area contributed by atoms with Gasteiger partial charge in [-0.25, -0.2) is 4.79 Å². The van der Waals surface area contributed by atoms with E-state index in [0.29, 0.717) is 23.8 Å². The van der Waals surface area contributed by atoms with Gasteiger partial charge in [-0.15, -0.1) is 0 Å². The van der Waals surface area contributed by atoms with Crippen LogP contribution < -0.4 is 5.32 Å². The number of aliphatic carboxylic acids is 1. The van der Waals surface area contributed by atoms with E-state index < -0.39 is 5.97 Å². The summed E-state index contributed by atoms with van der Waals surface area (Å²) in [6.07, 6.45) is 1.63. The first-order valence-corrected chi connectivity index (χ1v) is 7.85. The van der Waals surface area contributed by atoms with Crippen molar-refractivity contribution in [2.45, 2.75) is 19.3 Å². The number of rotatable bonds is 3. The van der Waals surface area contributed by atoms with Crippen molar-refractivity contribution in [1.29, 1.82) is 0 Å². The van der Waals surface area contributed by atoms with Gasteiger partial charge in [-0.2, -0.15) is 0 Å². The molecular weight excluding hydrogens is 360 g/mol. The van der Waals surface area contributed by atoms with Crippen molar-refractivity contribution in [1.82, 2.24) is 4.90 Å². The van der Waals surface area contributed by atoms with Gasteiger partial charge in [0.05, 0.1) is 5.02 Å². The summed E-state index contributed by atoms with van der Waals surface area (Å²) in [4.78, 5) is 24.5. The maximum atomic E-state index is 12.1. The molecule has 5 nitrogen and oxygen atoms in total. The van der Waals surface area contributed by atoms with Gasteiger partial charge in [0.15, 0.2) is 0 Å². The zero-order valence-corrected chi connectivity index (χ0v) is 13.7. The summed E-state index contributed by atoms with van der Waals surface area (Å²) in [6, 6.07) is 5.03. The van der Waals surface area contributed by atoms with Crippen molar-refractivity contribution in [2.75, 3.05) is 18.4 Å². The SMILES string of the molecule is O=C(O)CC1CCN(C(=O)Nc2ccc(Cl)c(Br)c2)CC1. The Balaban J connectivity index is 1.87. The van der Waals surface area contributed by atoms with Gasteiger partial charge in [-0.3, -0.25) is 4.79 Å². The standard InChI is InChI=1S/C14H16BrClN2O3/c15-11-8-10(1-2-12(11)16)17-14(21)18-5-3-9(4-6-18)7-13(19)20/h1-2,8-9H,3-7H2,(H,17,21)(H,19,20). The number of carboxylic acids is 1. The zero-order valence-electron chi connectivity index (χ0n) is 11.3. The van der Waals surface area contributed by atoms with Crippen LogP contribution in [0.2, 0.25) is 5.02 Å². The number of nitrogens with zero attached hydrogens (tertiary/aromatic N) is 1. The van der Waals surface area contributed by atoms with Crippen LogP contribution in [0, 0.1) is 5.92 Å². The van der Waals surface area contributed by atoms with Gasteiger partial charge in [-0.05, 0) is 52.9 Å². The van der Waals surface area contributed by atoms with E-state index in [1.165, 1.54) is 0 Å². The Labute approximate surface area is 136 Å². The molecular formula is C14H16BrClN2O3. The Bertz CT molecular complexity index is 545. The summed E-state index contributed by atoms with van der Waals surface area (Å²) in [5.74, 6) is -0.611. The van der Waals surface area contributed by atoms with Crippen LogP contribution in [0.15, 0.2) is 22.7 Å². The van der Waals surface area contributed by atoms with Crippen LogP contribution in [0.5, 0.6) is 0 Å². The normalized spacial score (nSPS) is 15.8. The maximum Gasteiger partial charge on any atom is 0.321 e. The molecule has 114 valence electrons. The van der Waals surface area contributed by atoms with Crippen LogP contribution >= 0.6 is 27.5 Å². The molecule has 1 aromatic rings. The van der Waals surface area contributed by atoms with Crippen molar-refractivity contribution >= 4 is 45.2 Å². The van der Waals surface area contributed by atoms with Crippen molar-refractivity contribution < 1.29 is 14.7 Å². The molecule has 0 atom stereocenters. The quantitative estimate of drug-likeness (QED) is 0.844. The molecule has 7 heteroatoms. The molecule has 1 heterocycles. The predicted octanol–water partition coefficient (Wildman–Crippen LogP) is 3.82. The van der Waals surface area contributed by atoms with Crippen LogP contribution in [0.1, 0.15) is 19.3 Å².